The van der Waals surface area contributed by atoms with E-state index in [1.807, 2.05) is 18.3 Å². The summed E-state index contributed by atoms with van der Waals surface area (Å²) < 4.78 is 16.2. The van der Waals surface area contributed by atoms with Gasteiger partial charge in [-0.05, 0) is 68.4 Å². The van der Waals surface area contributed by atoms with Crippen LogP contribution in [-0.2, 0) is 25.4 Å². The summed E-state index contributed by atoms with van der Waals surface area (Å²) in [6.07, 6.45) is 11.8. The minimum absolute atomic E-state index is 0.144. The van der Waals surface area contributed by atoms with Crippen LogP contribution in [0.15, 0.2) is 43.1 Å². The zero-order chi connectivity index (χ0) is 26.9. The predicted molar refractivity (Wildman–Crippen MR) is 148 cm³/mol. The third-order valence-corrected chi connectivity index (χ3v) is 5.89. The fourth-order valence-electron chi connectivity index (χ4n) is 3.77. The van der Waals surface area contributed by atoms with Crippen LogP contribution in [0, 0.1) is 0 Å². The molecule has 2 aliphatic heterocycles. The van der Waals surface area contributed by atoms with Crippen LogP contribution in [0.1, 0.15) is 48.8 Å². The maximum absolute atomic E-state index is 9.95. The second kappa shape index (κ2) is 17.2. The fraction of sp³-hybridized carbons (Fsp3) is 0.464. The summed E-state index contributed by atoms with van der Waals surface area (Å²) >= 11 is 0. The molecule has 0 aliphatic carbocycles. The summed E-state index contributed by atoms with van der Waals surface area (Å²) in [5.41, 5.74) is 15.2. The molecule has 1 aromatic heterocycles. The van der Waals surface area contributed by atoms with E-state index >= 15 is 0 Å². The number of nitrogens with one attached hydrogen (secondary N) is 2. The van der Waals surface area contributed by atoms with Gasteiger partial charge in [0.2, 0.25) is 5.91 Å². The molecule has 0 bridgehead atoms. The summed E-state index contributed by atoms with van der Waals surface area (Å²) in [6.45, 7) is 7.40. The van der Waals surface area contributed by atoms with Gasteiger partial charge in [0, 0.05) is 56.5 Å². The highest BCUT2D eigenvalue weighted by Crippen LogP contribution is 2.27. The van der Waals surface area contributed by atoms with Crippen molar-refractivity contribution in [3.05, 3.63) is 59.8 Å². The van der Waals surface area contributed by atoms with E-state index in [-0.39, 0.29) is 17.8 Å². The molecule has 7 N–H and O–H groups in total. The smallest absolute Gasteiger partial charge is 0.243 e. The van der Waals surface area contributed by atoms with Crippen molar-refractivity contribution in [2.75, 3.05) is 45.8 Å². The summed E-state index contributed by atoms with van der Waals surface area (Å²) in [5, 5.41) is 12.3. The Bertz CT molecular complexity index is 967. The highest BCUT2D eigenvalue weighted by molar-refractivity contribution is 5.86. The highest BCUT2D eigenvalue weighted by Gasteiger charge is 2.16. The van der Waals surface area contributed by atoms with E-state index in [9.17, 15) is 9.90 Å². The third-order valence-electron chi connectivity index (χ3n) is 5.89. The van der Waals surface area contributed by atoms with Gasteiger partial charge in [-0.1, -0.05) is 18.7 Å². The van der Waals surface area contributed by atoms with E-state index < -0.39 is 0 Å². The van der Waals surface area contributed by atoms with Gasteiger partial charge in [0.1, 0.15) is 11.6 Å². The Balaban J connectivity index is 0.000000330. The average Bonchev–Trinajstić information content (AvgIpc) is 3.58. The Morgan fingerprint density at radius 2 is 2.00 bits per heavy atom. The fourth-order valence-corrected chi connectivity index (χ4v) is 3.77. The van der Waals surface area contributed by atoms with E-state index in [4.69, 9.17) is 25.7 Å². The maximum Gasteiger partial charge on any atom is 0.243 e. The lowest BCUT2D eigenvalue weighted by Crippen LogP contribution is -2.13. The van der Waals surface area contributed by atoms with Gasteiger partial charge in [0.15, 0.2) is 0 Å². The first-order chi connectivity index (χ1) is 18.0. The van der Waals surface area contributed by atoms with E-state index in [0.29, 0.717) is 30.3 Å². The molecule has 1 amide bonds. The number of para-hydroxylation sites is 1. The van der Waals surface area contributed by atoms with Crippen LogP contribution in [0.2, 0.25) is 0 Å². The first kappa shape index (κ1) is 30.0. The Kier molecular flexibility index (Phi) is 14.0. The molecule has 2 aliphatic rings. The van der Waals surface area contributed by atoms with Crippen LogP contribution in [-0.4, -0.2) is 62.2 Å². The van der Waals surface area contributed by atoms with E-state index in [1.54, 1.807) is 25.2 Å². The molecule has 0 spiro atoms. The number of phenols is 1. The molecule has 2 fully saturated rings. The van der Waals surface area contributed by atoms with Gasteiger partial charge in [0.25, 0.3) is 0 Å². The maximum atomic E-state index is 9.95. The quantitative estimate of drug-likeness (QED) is 0.267. The Morgan fingerprint density at radius 3 is 2.54 bits per heavy atom. The summed E-state index contributed by atoms with van der Waals surface area (Å²) in [7, 11) is 1.56. The number of aryl methyl sites for hydroxylation is 1. The van der Waals surface area contributed by atoms with Crippen molar-refractivity contribution in [1.82, 2.24) is 10.3 Å². The number of benzene rings is 1. The number of amides is 1. The number of phenolic OH excluding ortho intramolecular Hbond substituents is 1. The normalized spacial score (nSPS) is 17.1. The molecule has 37 heavy (non-hydrogen) atoms. The number of rotatable bonds is 8. The number of aromatic nitrogens is 1. The molecule has 204 valence electrons. The van der Waals surface area contributed by atoms with Gasteiger partial charge in [-0.25, -0.2) is 0 Å². The molecule has 9 heteroatoms. The number of nitrogens with two attached hydrogens (primary N) is 2. The van der Waals surface area contributed by atoms with Crippen molar-refractivity contribution in [1.29, 1.82) is 0 Å². The van der Waals surface area contributed by atoms with Crippen LogP contribution in [0.4, 0.5) is 5.82 Å². The zero-order valence-corrected chi connectivity index (χ0v) is 21.8. The van der Waals surface area contributed by atoms with Crippen molar-refractivity contribution < 1.29 is 24.1 Å². The van der Waals surface area contributed by atoms with Crippen molar-refractivity contribution in [2.24, 2.45) is 5.73 Å². The molecule has 1 atom stereocenters. The number of ether oxygens (including phenoxy) is 3. The summed E-state index contributed by atoms with van der Waals surface area (Å²) in [6, 6.07) is 6.99. The number of carbonyl (C=O) groups is 1. The molecular formula is C28H42N4O5. The predicted octanol–water partition coefficient (Wildman–Crippen LogP) is 3.60. The van der Waals surface area contributed by atoms with Gasteiger partial charge in [-0.3, -0.25) is 4.79 Å². The lowest BCUT2D eigenvalue weighted by molar-refractivity contribution is -0.116. The summed E-state index contributed by atoms with van der Waals surface area (Å²) in [5.74, 6) is 0.576. The third kappa shape index (κ3) is 11.1. The number of likely N-dealkylation sites (N-methyl/N-ethyl adjacent to an activating group) is 1. The molecule has 2 aromatic rings. The molecule has 4 rings (SSSR count). The van der Waals surface area contributed by atoms with E-state index in [2.05, 4.69) is 16.9 Å². The van der Waals surface area contributed by atoms with Crippen molar-refractivity contribution in [3.8, 4) is 5.75 Å². The topological polar surface area (TPSA) is 145 Å². The van der Waals surface area contributed by atoms with Crippen molar-refractivity contribution >= 4 is 23.5 Å². The van der Waals surface area contributed by atoms with Crippen molar-refractivity contribution in [3.63, 3.8) is 0 Å². The van der Waals surface area contributed by atoms with Crippen LogP contribution < -0.4 is 16.8 Å². The number of carbonyl (C=O) groups excluding carboxylic acids is 1. The summed E-state index contributed by atoms with van der Waals surface area (Å²) in [4.78, 5) is 13.0. The SMILES string of the molecule is C1CCOCC1.C=CC(=O)NC.N/C(=C\c1c(CCCOC2CCOC2)c[nH]c1N)c1ccccc1O. The number of hydrogen-bond acceptors (Lipinski definition) is 7. The van der Waals surface area contributed by atoms with Gasteiger partial charge in [0.05, 0.1) is 12.7 Å². The molecule has 0 saturated carbocycles. The number of H-pyrrole nitrogens is 1. The molecule has 9 nitrogen and oxygen atoms in total. The van der Waals surface area contributed by atoms with Gasteiger partial charge < -0.3 is 41.1 Å². The van der Waals surface area contributed by atoms with Gasteiger partial charge in [-0.2, -0.15) is 0 Å². The zero-order valence-electron chi connectivity index (χ0n) is 21.8. The highest BCUT2D eigenvalue weighted by atomic mass is 16.5. The molecule has 1 aromatic carbocycles. The molecule has 0 radical (unpaired) electrons. The molecule has 3 heterocycles. The Labute approximate surface area is 219 Å². The van der Waals surface area contributed by atoms with E-state index in [0.717, 1.165) is 50.2 Å². The second-order valence-electron chi connectivity index (χ2n) is 8.71. The van der Waals surface area contributed by atoms with Crippen LogP contribution >= 0.6 is 0 Å². The van der Waals surface area contributed by atoms with Crippen LogP contribution in [0.3, 0.4) is 0 Å². The lowest BCUT2D eigenvalue weighted by atomic mass is 10.0. The van der Waals surface area contributed by atoms with Crippen LogP contribution in [0.25, 0.3) is 11.8 Å². The monoisotopic (exact) mass is 514 g/mol. The first-order valence-electron chi connectivity index (χ1n) is 12.8. The lowest BCUT2D eigenvalue weighted by Gasteiger charge is -2.09. The largest absolute Gasteiger partial charge is 0.507 e. The molecular weight excluding hydrogens is 472 g/mol. The Hall–Kier alpha value is -3.27. The van der Waals surface area contributed by atoms with Gasteiger partial charge in [-0.15, -0.1) is 0 Å². The van der Waals surface area contributed by atoms with Crippen LogP contribution in [0.5, 0.6) is 5.75 Å². The number of hydrogen-bond donors (Lipinski definition) is 5. The molecule has 2 saturated heterocycles. The minimum atomic E-state index is -0.144. The standard InChI is InChI=1S/C19H25N3O3.C5H10O.C4H7NO/c20-17(15-5-1-2-6-18(15)23)10-16-13(11-22-19(16)21)4-3-8-25-14-7-9-24-12-14;1-2-4-6-5-3-1;1-3-4(6)5-2/h1-2,5-6,10-11,14,22-23H,3-4,7-9,12,20-21H2;1-5H2;3H,1H2,2H3,(H,5,6)/b17-10-;;. The number of nitrogen functional groups attached to an aromatic ring is 1. The minimum Gasteiger partial charge on any atom is -0.507 e. The second-order valence-corrected chi connectivity index (χ2v) is 8.71. The van der Waals surface area contributed by atoms with E-state index in [1.165, 1.54) is 25.3 Å². The van der Waals surface area contributed by atoms with Gasteiger partial charge >= 0.3 is 0 Å². The average molecular weight is 515 g/mol. The number of aromatic amines is 1. The van der Waals surface area contributed by atoms with Crippen molar-refractivity contribution in [2.45, 2.75) is 44.6 Å². The number of anilines is 1. The number of aromatic hydroxyl groups is 1. The first-order valence-corrected chi connectivity index (χ1v) is 12.8. The Morgan fingerprint density at radius 1 is 1.24 bits per heavy atom. The molecule has 1 unspecified atom stereocenters.